The number of pyridine rings is 1. The Morgan fingerprint density at radius 1 is 0.750 bits per heavy atom. The Bertz CT molecular complexity index is 1440. The Labute approximate surface area is 273 Å². The van der Waals surface area contributed by atoms with E-state index < -0.39 is 0 Å². The molecule has 2 aromatic carbocycles. The molecule has 0 bridgehead atoms. The lowest BCUT2D eigenvalue weighted by atomic mass is 10.1. The van der Waals surface area contributed by atoms with Gasteiger partial charge in [-0.3, -0.25) is 0 Å². The molecule has 4 aromatic rings. The summed E-state index contributed by atoms with van der Waals surface area (Å²) in [5.74, 6) is 3.19. The number of ether oxygens (including phenoxy) is 3. The maximum Gasteiger partial charge on any atom is 0.225 e. The second kappa shape index (κ2) is 19.0. The van der Waals surface area contributed by atoms with Crippen LogP contribution in [-0.4, -0.2) is 55.9 Å². The van der Waals surface area contributed by atoms with Gasteiger partial charge in [0.25, 0.3) is 0 Å². The highest BCUT2D eigenvalue weighted by Gasteiger charge is 2.17. The molecule has 0 spiro atoms. The van der Waals surface area contributed by atoms with Crippen molar-refractivity contribution in [1.82, 2.24) is 15.0 Å². The molecular weight excluding hydrogens is 597 g/mol. The number of hydrogen-bond donors (Lipinski definition) is 1. The summed E-state index contributed by atoms with van der Waals surface area (Å²) in [7, 11) is 4.82. The lowest BCUT2D eigenvalue weighted by Crippen LogP contribution is -2.27. The van der Waals surface area contributed by atoms with E-state index in [-0.39, 0.29) is 0 Å². The molecular formula is C34H47Cl2N5O3. The van der Waals surface area contributed by atoms with Crippen LogP contribution >= 0.6 is 23.2 Å². The first-order chi connectivity index (χ1) is 21.4. The number of fused-ring (bicyclic) bond motifs is 1. The predicted molar refractivity (Wildman–Crippen MR) is 187 cm³/mol. The van der Waals surface area contributed by atoms with Crippen molar-refractivity contribution in [2.45, 2.75) is 60.8 Å². The summed E-state index contributed by atoms with van der Waals surface area (Å²) < 4.78 is 16.4. The highest BCUT2D eigenvalue weighted by atomic mass is 35.5. The van der Waals surface area contributed by atoms with Crippen LogP contribution in [0.2, 0.25) is 10.0 Å². The third-order valence-corrected chi connectivity index (χ3v) is 7.19. The lowest BCUT2D eigenvalue weighted by Gasteiger charge is -2.24. The molecule has 1 N–H and O–H groups in total. The van der Waals surface area contributed by atoms with E-state index in [0.717, 1.165) is 59.6 Å². The van der Waals surface area contributed by atoms with Gasteiger partial charge >= 0.3 is 0 Å². The molecule has 240 valence electrons. The number of methoxy groups -OCH3 is 3. The van der Waals surface area contributed by atoms with Crippen LogP contribution in [0.1, 0.15) is 59.9 Å². The van der Waals surface area contributed by atoms with Crippen molar-refractivity contribution in [3.63, 3.8) is 0 Å². The molecule has 4 rings (SSSR count). The van der Waals surface area contributed by atoms with Crippen LogP contribution in [0.25, 0.3) is 22.3 Å². The lowest BCUT2D eigenvalue weighted by molar-refractivity contribution is 0.324. The van der Waals surface area contributed by atoms with E-state index in [9.17, 15) is 0 Å². The van der Waals surface area contributed by atoms with Crippen molar-refractivity contribution in [2.75, 3.05) is 51.2 Å². The molecule has 0 aliphatic carbocycles. The summed E-state index contributed by atoms with van der Waals surface area (Å²) in [5.41, 5.74) is 4.22. The van der Waals surface area contributed by atoms with Crippen LogP contribution in [0.15, 0.2) is 42.5 Å². The van der Waals surface area contributed by atoms with Crippen molar-refractivity contribution in [1.29, 1.82) is 0 Å². The maximum absolute atomic E-state index is 6.29. The van der Waals surface area contributed by atoms with Crippen LogP contribution in [0.3, 0.4) is 0 Å². The van der Waals surface area contributed by atoms with Crippen molar-refractivity contribution in [3.8, 4) is 28.5 Å². The van der Waals surface area contributed by atoms with E-state index in [1.807, 2.05) is 64.1 Å². The van der Waals surface area contributed by atoms with Crippen molar-refractivity contribution >= 4 is 46.0 Å². The van der Waals surface area contributed by atoms with E-state index in [4.69, 9.17) is 52.4 Å². The van der Waals surface area contributed by atoms with Crippen molar-refractivity contribution < 1.29 is 14.2 Å². The van der Waals surface area contributed by atoms with Gasteiger partial charge in [-0.2, -0.15) is 4.98 Å². The summed E-state index contributed by atoms with van der Waals surface area (Å²) in [6.07, 6.45) is 2.68. The molecule has 0 amide bonds. The van der Waals surface area contributed by atoms with E-state index >= 15 is 0 Å². The van der Waals surface area contributed by atoms with Crippen LogP contribution in [0, 0.1) is 0 Å². The molecule has 10 heteroatoms. The second-order valence-corrected chi connectivity index (χ2v) is 10.1. The van der Waals surface area contributed by atoms with Gasteiger partial charge in [0.1, 0.15) is 5.52 Å². The monoisotopic (exact) mass is 643 g/mol. The van der Waals surface area contributed by atoms with E-state index in [0.29, 0.717) is 46.2 Å². The number of benzene rings is 2. The van der Waals surface area contributed by atoms with Gasteiger partial charge in [-0.25, -0.2) is 9.97 Å². The van der Waals surface area contributed by atoms with Gasteiger partial charge in [-0.05, 0) is 61.2 Å². The first-order valence-corrected chi connectivity index (χ1v) is 16.1. The second-order valence-electron chi connectivity index (χ2n) is 9.26. The van der Waals surface area contributed by atoms with Gasteiger partial charge in [0.05, 0.1) is 42.6 Å². The summed E-state index contributed by atoms with van der Waals surface area (Å²) in [4.78, 5) is 17.0. The molecule has 0 saturated heterocycles. The number of aromatic nitrogens is 3. The number of rotatable bonds is 13. The minimum Gasteiger partial charge on any atom is -0.493 e. The molecule has 0 aliphatic rings. The third-order valence-electron chi connectivity index (χ3n) is 6.45. The van der Waals surface area contributed by atoms with Gasteiger partial charge in [-0.15, -0.1) is 0 Å². The summed E-state index contributed by atoms with van der Waals surface area (Å²) in [5, 5.41) is 4.40. The van der Waals surface area contributed by atoms with E-state index in [1.165, 1.54) is 0 Å². The predicted octanol–water partition coefficient (Wildman–Crippen LogP) is 9.36. The Kier molecular flexibility index (Phi) is 15.9. The minimum absolute atomic E-state index is 0.489. The SMILES string of the molecule is CC.CC.CCCN(CCC)c1nc(NCCc2cc(OC)c(OC)c(OC)c2)nc2ccc(-c3ccc(Cl)c(Cl)c3)nc12. The van der Waals surface area contributed by atoms with Crippen LogP contribution in [0.4, 0.5) is 11.8 Å². The molecule has 0 unspecified atom stereocenters. The molecule has 0 saturated carbocycles. The van der Waals surface area contributed by atoms with Gasteiger partial charge in [0, 0.05) is 25.2 Å². The fraction of sp³-hybridized carbons (Fsp3) is 0.441. The number of nitrogens with one attached hydrogen (secondary N) is 1. The first-order valence-electron chi connectivity index (χ1n) is 15.3. The zero-order chi connectivity index (χ0) is 32.6. The van der Waals surface area contributed by atoms with E-state index in [1.54, 1.807) is 27.4 Å². The van der Waals surface area contributed by atoms with Gasteiger partial charge < -0.3 is 24.4 Å². The van der Waals surface area contributed by atoms with Crippen LogP contribution < -0.4 is 24.4 Å². The number of hydrogen-bond acceptors (Lipinski definition) is 8. The van der Waals surface area contributed by atoms with Gasteiger partial charge in [-0.1, -0.05) is 70.8 Å². The Balaban J connectivity index is 0.00000162. The average molecular weight is 645 g/mol. The summed E-state index contributed by atoms with van der Waals surface area (Å²) in [6, 6.07) is 13.4. The molecule has 0 aliphatic heterocycles. The fourth-order valence-electron chi connectivity index (χ4n) is 4.58. The van der Waals surface area contributed by atoms with E-state index in [2.05, 4.69) is 24.1 Å². The molecule has 44 heavy (non-hydrogen) atoms. The summed E-state index contributed by atoms with van der Waals surface area (Å²) >= 11 is 12.4. The molecule has 0 radical (unpaired) electrons. The van der Waals surface area contributed by atoms with Crippen LogP contribution in [0.5, 0.6) is 17.2 Å². The molecule has 2 heterocycles. The average Bonchev–Trinajstić information content (AvgIpc) is 3.06. The highest BCUT2D eigenvalue weighted by molar-refractivity contribution is 6.42. The largest absolute Gasteiger partial charge is 0.493 e. The maximum atomic E-state index is 6.29. The van der Waals surface area contributed by atoms with Crippen molar-refractivity contribution in [3.05, 3.63) is 58.1 Å². The van der Waals surface area contributed by atoms with Gasteiger partial charge in [0.2, 0.25) is 11.7 Å². The highest BCUT2D eigenvalue weighted by Crippen LogP contribution is 2.38. The first kappa shape index (κ1) is 36.7. The molecule has 0 atom stereocenters. The number of halogens is 2. The normalized spacial score (nSPS) is 10.2. The Hall–Kier alpha value is -3.49. The number of nitrogens with zero attached hydrogens (tertiary/aromatic N) is 4. The third kappa shape index (κ3) is 9.26. The Morgan fingerprint density at radius 3 is 1.93 bits per heavy atom. The molecule has 0 fully saturated rings. The summed E-state index contributed by atoms with van der Waals surface area (Å²) in [6.45, 7) is 14.7. The molecule has 2 aromatic heterocycles. The van der Waals surface area contributed by atoms with Crippen LogP contribution in [-0.2, 0) is 6.42 Å². The fourth-order valence-corrected chi connectivity index (χ4v) is 4.87. The zero-order valence-corrected chi connectivity index (χ0v) is 29.1. The molecule has 8 nitrogen and oxygen atoms in total. The topological polar surface area (TPSA) is 81.6 Å². The number of anilines is 2. The minimum atomic E-state index is 0.489. The zero-order valence-electron chi connectivity index (χ0n) is 27.6. The van der Waals surface area contributed by atoms with Crippen molar-refractivity contribution in [2.24, 2.45) is 0 Å². The quantitative estimate of drug-likeness (QED) is 0.154. The standard InChI is InChI=1S/C30H35Cl2N5O3.2C2H6/c1-6-14-37(15-7-2)29-27-24(11-10-23(34-27)20-8-9-21(31)22(32)18-20)35-30(36-29)33-13-12-19-16-25(38-3)28(40-5)26(17-19)39-4;2*1-2/h8-11,16-18H,6-7,12-15H2,1-5H3,(H,33,35,36);2*1-2H3. The smallest absolute Gasteiger partial charge is 0.225 e. The Morgan fingerprint density at radius 2 is 1.39 bits per heavy atom. The van der Waals surface area contributed by atoms with Gasteiger partial charge in [0.15, 0.2) is 17.3 Å².